The van der Waals surface area contributed by atoms with Gasteiger partial charge in [-0.15, -0.1) is 0 Å². The van der Waals surface area contributed by atoms with E-state index in [1.54, 1.807) is 11.8 Å². The number of pyridine rings is 1. The number of nitrogens with zero attached hydrogens (tertiary/aromatic N) is 3. The molecule has 4 heteroatoms. The van der Waals surface area contributed by atoms with Crippen LogP contribution in [0.2, 0.25) is 0 Å². The minimum absolute atomic E-state index is 0.767. The molecular weight excluding hydrogens is 302 g/mol. The smallest absolute Gasteiger partial charge is 0.187 e. The number of aryl methyl sites for hydroxylation is 1. The summed E-state index contributed by atoms with van der Waals surface area (Å²) < 4.78 is 0. The standard InChI is InChI=1S/C19H15N3S/c1-12-8-9-14-15-11-20-19(23-2)22-18(15)17(21-16(14)10-12)13-6-4-3-5-7-13/h3-11H,1-2H3. The Labute approximate surface area is 138 Å². The van der Waals surface area contributed by atoms with E-state index in [0.29, 0.717) is 0 Å². The van der Waals surface area contributed by atoms with Crippen molar-refractivity contribution in [2.45, 2.75) is 12.1 Å². The Hall–Kier alpha value is -2.46. The fraction of sp³-hybridized carbons (Fsp3) is 0.105. The summed E-state index contributed by atoms with van der Waals surface area (Å²) >= 11 is 1.55. The lowest BCUT2D eigenvalue weighted by Gasteiger charge is -2.10. The molecule has 3 nitrogen and oxygen atoms in total. The Morgan fingerprint density at radius 2 is 1.74 bits per heavy atom. The van der Waals surface area contributed by atoms with Crippen molar-refractivity contribution in [3.63, 3.8) is 0 Å². The Morgan fingerprint density at radius 3 is 2.52 bits per heavy atom. The molecule has 4 aromatic rings. The topological polar surface area (TPSA) is 38.7 Å². The first-order valence-corrected chi connectivity index (χ1v) is 8.65. The fourth-order valence-electron chi connectivity index (χ4n) is 2.77. The third-order valence-electron chi connectivity index (χ3n) is 3.90. The summed E-state index contributed by atoms with van der Waals surface area (Å²) in [5, 5.41) is 2.91. The van der Waals surface area contributed by atoms with E-state index >= 15 is 0 Å². The summed E-state index contributed by atoms with van der Waals surface area (Å²) in [5.74, 6) is 0. The van der Waals surface area contributed by atoms with E-state index < -0.39 is 0 Å². The number of fused-ring (bicyclic) bond motifs is 3. The average molecular weight is 317 g/mol. The molecule has 0 saturated heterocycles. The fourth-order valence-corrected chi connectivity index (χ4v) is 3.11. The molecule has 0 aliphatic rings. The van der Waals surface area contributed by atoms with Gasteiger partial charge in [-0.25, -0.2) is 15.0 Å². The Bertz CT molecular complexity index is 1010. The zero-order chi connectivity index (χ0) is 15.8. The molecule has 0 aliphatic carbocycles. The second-order valence-corrected chi connectivity index (χ2v) is 6.24. The molecule has 0 spiro atoms. The van der Waals surface area contributed by atoms with Gasteiger partial charge in [0.05, 0.1) is 11.2 Å². The van der Waals surface area contributed by atoms with Crippen LogP contribution in [-0.4, -0.2) is 21.2 Å². The predicted octanol–water partition coefficient (Wildman–Crippen LogP) is 4.88. The van der Waals surface area contributed by atoms with Crippen molar-refractivity contribution in [3.8, 4) is 11.3 Å². The van der Waals surface area contributed by atoms with Gasteiger partial charge in [0.15, 0.2) is 5.16 Å². The molecule has 0 unspecified atom stereocenters. The van der Waals surface area contributed by atoms with Gasteiger partial charge in [-0.3, -0.25) is 0 Å². The van der Waals surface area contributed by atoms with Crippen LogP contribution < -0.4 is 0 Å². The maximum atomic E-state index is 4.91. The van der Waals surface area contributed by atoms with Crippen LogP contribution in [0.4, 0.5) is 0 Å². The van der Waals surface area contributed by atoms with Crippen LogP contribution in [0.15, 0.2) is 59.9 Å². The van der Waals surface area contributed by atoms with Gasteiger partial charge in [-0.1, -0.05) is 54.2 Å². The number of rotatable bonds is 2. The highest BCUT2D eigenvalue weighted by atomic mass is 32.2. The first-order chi connectivity index (χ1) is 11.3. The van der Waals surface area contributed by atoms with E-state index in [0.717, 1.165) is 38.2 Å². The van der Waals surface area contributed by atoms with Gasteiger partial charge in [0.25, 0.3) is 0 Å². The van der Waals surface area contributed by atoms with Gasteiger partial charge in [0.2, 0.25) is 0 Å². The van der Waals surface area contributed by atoms with Crippen LogP contribution in [-0.2, 0) is 0 Å². The summed E-state index contributed by atoms with van der Waals surface area (Å²) in [6, 6.07) is 16.5. The Balaban J connectivity index is 2.16. The van der Waals surface area contributed by atoms with Crippen molar-refractivity contribution >= 4 is 33.6 Å². The Morgan fingerprint density at radius 1 is 0.913 bits per heavy atom. The Kier molecular flexibility index (Phi) is 3.46. The largest absolute Gasteiger partial charge is 0.245 e. The predicted molar refractivity (Wildman–Crippen MR) is 96.8 cm³/mol. The zero-order valence-electron chi connectivity index (χ0n) is 12.9. The lowest BCUT2D eigenvalue weighted by Crippen LogP contribution is -1.95. The van der Waals surface area contributed by atoms with Gasteiger partial charge in [-0.05, 0) is 24.8 Å². The van der Waals surface area contributed by atoms with Crippen molar-refractivity contribution < 1.29 is 0 Å². The van der Waals surface area contributed by atoms with Crippen molar-refractivity contribution in [1.82, 2.24) is 15.0 Å². The molecule has 0 N–H and O–H groups in total. The molecule has 2 heterocycles. The number of hydrogen-bond acceptors (Lipinski definition) is 4. The molecule has 0 bridgehead atoms. The van der Waals surface area contributed by atoms with Gasteiger partial charge in [0.1, 0.15) is 5.52 Å². The quantitative estimate of drug-likeness (QED) is 0.300. The lowest BCUT2D eigenvalue weighted by atomic mass is 10.0. The number of aromatic nitrogens is 3. The molecule has 0 saturated carbocycles. The zero-order valence-corrected chi connectivity index (χ0v) is 13.8. The van der Waals surface area contributed by atoms with Crippen molar-refractivity contribution in [3.05, 3.63) is 60.3 Å². The monoisotopic (exact) mass is 317 g/mol. The van der Waals surface area contributed by atoms with Crippen LogP contribution >= 0.6 is 11.8 Å². The molecule has 112 valence electrons. The summed E-state index contributed by atoms with van der Waals surface area (Å²) in [5.41, 5.74) is 5.08. The lowest BCUT2D eigenvalue weighted by molar-refractivity contribution is 1.01. The maximum Gasteiger partial charge on any atom is 0.187 e. The SMILES string of the molecule is CSc1ncc2c(n1)c(-c1ccccc1)nc1cc(C)ccc12. The van der Waals surface area contributed by atoms with E-state index in [2.05, 4.69) is 42.2 Å². The van der Waals surface area contributed by atoms with Crippen LogP contribution in [0.25, 0.3) is 33.1 Å². The van der Waals surface area contributed by atoms with E-state index in [1.807, 2.05) is 30.7 Å². The molecular formula is C19H15N3S. The molecule has 0 atom stereocenters. The van der Waals surface area contributed by atoms with Crippen LogP contribution in [0, 0.1) is 6.92 Å². The maximum absolute atomic E-state index is 4.91. The third kappa shape index (κ3) is 2.45. The summed E-state index contributed by atoms with van der Waals surface area (Å²) in [7, 11) is 0. The first kappa shape index (κ1) is 14.2. The van der Waals surface area contributed by atoms with Crippen LogP contribution in [0.5, 0.6) is 0 Å². The molecule has 0 fully saturated rings. The first-order valence-electron chi connectivity index (χ1n) is 7.43. The van der Waals surface area contributed by atoms with Crippen LogP contribution in [0.1, 0.15) is 5.56 Å². The summed E-state index contributed by atoms with van der Waals surface area (Å²) in [4.78, 5) is 14.1. The molecule has 2 aromatic heterocycles. The average Bonchev–Trinajstić information content (AvgIpc) is 2.61. The molecule has 0 amide bonds. The van der Waals surface area contributed by atoms with Crippen LogP contribution in [0.3, 0.4) is 0 Å². The molecule has 23 heavy (non-hydrogen) atoms. The highest BCUT2D eigenvalue weighted by molar-refractivity contribution is 7.98. The van der Waals surface area contributed by atoms with Gasteiger partial charge in [0, 0.05) is 22.5 Å². The van der Waals surface area contributed by atoms with E-state index in [9.17, 15) is 0 Å². The number of hydrogen-bond donors (Lipinski definition) is 0. The molecule has 2 aromatic carbocycles. The summed E-state index contributed by atoms with van der Waals surface area (Å²) in [6.07, 6.45) is 3.90. The second kappa shape index (κ2) is 5.63. The third-order valence-corrected chi connectivity index (χ3v) is 4.46. The van der Waals surface area contributed by atoms with E-state index in [1.165, 1.54) is 5.56 Å². The van der Waals surface area contributed by atoms with Crippen molar-refractivity contribution in [2.24, 2.45) is 0 Å². The van der Waals surface area contributed by atoms with Gasteiger partial charge >= 0.3 is 0 Å². The van der Waals surface area contributed by atoms with E-state index in [4.69, 9.17) is 9.97 Å². The second-order valence-electron chi connectivity index (χ2n) is 5.47. The highest BCUT2D eigenvalue weighted by Gasteiger charge is 2.13. The minimum atomic E-state index is 0.767. The highest BCUT2D eigenvalue weighted by Crippen LogP contribution is 2.31. The van der Waals surface area contributed by atoms with Crippen molar-refractivity contribution in [2.75, 3.05) is 6.26 Å². The minimum Gasteiger partial charge on any atom is -0.245 e. The summed E-state index contributed by atoms with van der Waals surface area (Å²) in [6.45, 7) is 2.08. The number of benzene rings is 2. The normalized spacial score (nSPS) is 11.2. The van der Waals surface area contributed by atoms with Gasteiger partial charge in [-0.2, -0.15) is 0 Å². The van der Waals surface area contributed by atoms with Crippen molar-refractivity contribution in [1.29, 1.82) is 0 Å². The molecule has 4 rings (SSSR count). The van der Waals surface area contributed by atoms with Gasteiger partial charge < -0.3 is 0 Å². The number of thioether (sulfide) groups is 1. The molecule has 0 aliphatic heterocycles. The van der Waals surface area contributed by atoms with E-state index in [-0.39, 0.29) is 0 Å². The molecule has 0 radical (unpaired) electrons.